The lowest BCUT2D eigenvalue weighted by Crippen LogP contribution is -2.41. The maximum atomic E-state index is 12.1. The summed E-state index contributed by atoms with van der Waals surface area (Å²) in [6.07, 6.45) is 0.847. The number of carbonyl (C=O) groups is 1. The van der Waals surface area contributed by atoms with E-state index in [-0.39, 0.29) is 30.5 Å². The van der Waals surface area contributed by atoms with E-state index in [1.165, 1.54) is 11.3 Å². The van der Waals surface area contributed by atoms with Crippen LogP contribution in [0, 0.1) is 11.8 Å². The van der Waals surface area contributed by atoms with Crippen LogP contribution in [-0.4, -0.2) is 28.6 Å². The predicted octanol–water partition coefficient (Wildman–Crippen LogP) is 1.94. The van der Waals surface area contributed by atoms with Crippen LogP contribution in [0.25, 0.3) is 0 Å². The SMILES string of the molecule is CC(C)CC(N)c1nc(C(=O)NC(CO)C(C)C)cs1. The molecular weight excluding hydrogens is 274 g/mol. The molecule has 5 nitrogen and oxygen atoms in total. The van der Waals surface area contributed by atoms with E-state index in [0.717, 1.165) is 11.4 Å². The zero-order valence-electron chi connectivity index (χ0n) is 12.6. The van der Waals surface area contributed by atoms with Gasteiger partial charge in [-0.1, -0.05) is 27.7 Å². The lowest BCUT2D eigenvalue weighted by molar-refractivity contribution is 0.0892. The summed E-state index contributed by atoms with van der Waals surface area (Å²) >= 11 is 1.41. The molecule has 20 heavy (non-hydrogen) atoms. The molecule has 0 spiro atoms. The highest BCUT2D eigenvalue weighted by molar-refractivity contribution is 7.09. The molecule has 0 aliphatic heterocycles. The van der Waals surface area contributed by atoms with Crippen molar-refractivity contribution in [3.63, 3.8) is 0 Å². The second kappa shape index (κ2) is 7.71. The van der Waals surface area contributed by atoms with Crippen LogP contribution in [-0.2, 0) is 0 Å². The van der Waals surface area contributed by atoms with Gasteiger partial charge in [-0.15, -0.1) is 11.3 Å². The third kappa shape index (κ3) is 4.85. The van der Waals surface area contributed by atoms with Crippen LogP contribution in [0.3, 0.4) is 0 Å². The van der Waals surface area contributed by atoms with Crippen molar-refractivity contribution in [2.45, 2.75) is 46.2 Å². The summed E-state index contributed by atoms with van der Waals surface area (Å²) in [6.45, 7) is 8.04. The van der Waals surface area contributed by atoms with Crippen LogP contribution in [0.2, 0.25) is 0 Å². The molecule has 0 bridgehead atoms. The van der Waals surface area contributed by atoms with Gasteiger partial charge < -0.3 is 16.2 Å². The van der Waals surface area contributed by atoms with Crippen molar-refractivity contribution in [3.05, 3.63) is 16.1 Å². The van der Waals surface area contributed by atoms with Gasteiger partial charge in [-0.3, -0.25) is 4.79 Å². The highest BCUT2D eigenvalue weighted by Gasteiger charge is 2.20. The minimum Gasteiger partial charge on any atom is -0.394 e. The molecule has 2 atom stereocenters. The van der Waals surface area contributed by atoms with Gasteiger partial charge in [0, 0.05) is 5.38 Å². The number of aliphatic hydroxyl groups is 1. The number of nitrogens with one attached hydrogen (secondary N) is 1. The normalized spacial score (nSPS) is 14.6. The Hall–Kier alpha value is -0.980. The van der Waals surface area contributed by atoms with Crippen molar-refractivity contribution in [3.8, 4) is 0 Å². The van der Waals surface area contributed by atoms with Crippen LogP contribution in [0.15, 0.2) is 5.38 Å². The molecule has 4 N–H and O–H groups in total. The zero-order valence-corrected chi connectivity index (χ0v) is 13.4. The summed E-state index contributed by atoms with van der Waals surface area (Å²) in [6, 6.07) is -0.378. The third-order valence-corrected chi connectivity index (χ3v) is 4.09. The van der Waals surface area contributed by atoms with E-state index in [0.29, 0.717) is 11.6 Å². The second-order valence-corrected chi connectivity index (χ2v) is 6.70. The Morgan fingerprint density at radius 1 is 1.45 bits per heavy atom. The molecule has 0 saturated heterocycles. The monoisotopic (exact) mass is 299 g/mol. The molecule has 0 aliphatic rings. The van der Waals surface area contributed by atoms with Crippen LogP contribution in [0.1, 0.15) is 55.7 Å². The number of aliphatic hydroxyl groups excluding tert-OH is 1. The van der Waals surface area contributed by atoms with E-state index in [2.05, 4.69) is 24.1 Å². The Kier molecular flexibility index (Phi) is 6.58. The lowest BCUT2D eigenvalue weighted by Gasteiger charge is -2.19. The molecule has 0 aliphatic carbocycles. The van der Waals surface area contributed by atoms with E-state index in [1.807, 2.05) is 13.8 Å². The molecule has 0 radical (unpaired) electrons. The molecular formula is C14H25N3O2S. The van der Waals surface area contributed by atoms with Crippen molar-refractivity contribution in [2.75, 3.05) is 6.61 Å². The first-order valence-corrected chi connectivity index (χ1v) is 7.85. The Morgan fingerprint density at radius 2 is 2.10 bits per heavy atom. The molecule has 1 aromatic heterocycles. The van der Waals surface area contributed by atoms with Gasteiger partial charge in [-0.25, -0.2) is 4.98 Å². The minimum absolute atomic E-state index is 0.0761. The summed E-state index contributed by atoms with van der Waals surface area (Å²) < 4.78 is 0. The first-order chi connectivity index (χ1) is 9.35. The Bertz CT molecular complexity index is 432. The van der Waals surface area contributed by atoms with Gasteiger partial charge in [0.05, 0.1) is 18.7 Å². The van der Waals surface area contributed by atoms with Gasteiger partial charge in [0.1, 0.15) is 10.7 Å². The van der Waals surface area contributed by atoms with Crippen molar-refractivity contribution >= 4 is 17.2 Å². The summed E-state index contributed by atoms with van der Waals surface area (Å²) in [5, 5.41) is 14.5. The number of rotatable bonds is 7. The minimum atomic E-state index is -0.253. The van der Waals surface area contributed by atoms with Crippen LogP contribution in [0.5, 0.6) is 0 Å². The fourth-order valence-corrected chi connectivity index (χ4v) is 2.65. The van der Waals surface area contributed by atoms with Crippen LogP contribution in [0.4, 0.5) is 0 Å². The molecule has 1 aromatic rings. The van der Waals surface area contributed by atoms with E-state index < -0.39 is 0 Å². The van der Waals surface area contributed by atoms with E-state index >= 15 is 0 Å². The van der Waals surface area contributed by atoms with Crippen LogP contribution < -0.4 is 11.1 Å². The van der Waals surface area contributed by atoms with E-state index in [1.54, 1.807) is 5.38 Å². The first kappa shape index (κ1) is 17.1. The summed E-state index contributed by atoms with van der Waals surface area (Å²) in [4.78, 5) is 16.4. The van der Waals surface area contributed by atoms with Crippen molar-refractivity contribution < 1.29 is 9.90 Å². The van der Waals surface area contributed by atoms with Gasteiger partial charge in [0.25, 0.3) is 5.91 Å². The number of hydrogen-bond donors (Lipinski definition) is 3. The third-order valence-electron chi connectivity index (χ3n) is 3.12. The molecule has 1 amide bonds. The highest BCUT2D eigenvalue weighted by atomic mass is 32.1. The maximum absolute atomic E-state index is 12.1. The van der Waals surface area contributed by atoms with Crippen LogP contribution >= 0.6 is 11.3 Å². The summed E-state index contributed by atoms with van der Waals surface area (Å²) in [5.74, 6) is 0.410. The lowest BCUT2D eigenvalue weighted by atomic mass is 10.1. The van der Waals surface area contributed by atoms with Gasteiger partial charge in [-0.05, 0) is 18.3 Å². The van der Waals surface area contributed by atoms with Gasteiger partial charge >= 0.3 is 0 Å². The molecule has 1 rings (SSSR count). The molecule has 6 heteroatoms. The quantitative estimate of drug-likeness (QED) is 0.718. The average Bonchev–Trinajstić information content (AvgIpc) is 2.84. The molecule has 2 unspecified atom stereocenters. The second-order valence-electron chi connectivity index (χ2n) is 5.81. The van der Waals surface area contributed by atoms with Gasteiger partial charge in [-0.2, -0.15) is 0 Å². The van der Waals surface area contributed by atoms with Crippen molar-refractivity contribution in [1.82, 2.24) is 10.3 Å². The molecule has 1 heterocycles. The predicted molar refractivity (Wildman–Crippen MR) is 81.7 cm³/mol. The molecule has 0 aromatic carbocycles. The van der Waals surface area contributed by atoms with Gasteiger partial charge in [0.15, 0.2) is 0 Å². The number of aromatic nitrogens is 1. The molecule has 0 fully saturated rings. The fourth-order valence-electron chi connectivity index (χ4n) is 1.84. The standard InChI is InChI=1S/C14H25N3O2S/c1-8(2)5-10(15)14-17-12(7-20-14)13(19)16-11(6-18)9(3)4/h7-11,18H,5-6,15H2,1-4H3,(H,16,19). The number of thiazole rings is 1. The average molecular weight is 299 g/mol. The Balaban J connectivity index is 2.69. The van der Waals surface area contributed by atoms with Crippen molar-refractivity contribution in [1.29, 1.82) is 0 Å². The highest BCUT2D eigenvalue weighted by Crippen LogP contribution is 2.22. The summed E-state index contributed by atoms with van der Waals surface area (Å²) in [7, 11) is 0. The summed E-state index contributed by atoms with van der Waals surface area (Å²) in [5.41, 5.74) is 6.44. The molecule has 0 saturated carbocycles. The van der Waals surface area contributed by atoms with E-state index in [4.69, 9.17) is 5.73 Å². The largest absolute Gasteiger partial charge is 0.394 e. The zero-order chi connectivity index (χ0) is 15.3. The van der Waals surface area contributed by atoms with E-state index in [9.17, 15) is 9.90 Å². The number of nitrogens with two attached hydrogens (primary N) is 1. The Morgan fingerprint density at radius 3 is 2.60 bits per heavy atom. The van der Waals surface area contributed by atoms with Crippen molar-refractivity contribution in [2.24, 2.45) is 17.6 Å². The topological polar surface area (TPSA) is 88.2 Å². The number of amides is 1. The fraction of sp³-hybridized carbons (Fsp3) is 0.714. The molecule has 114 valence electrons. The van der Waals surface area contributed by atoms with Gasteiger partial charge in [0.2, 0.25) is 0 Å². The number of nitrogens with zero attached hydrogens (tertiary/aromatic N) is 1. The number of hydrogen-bond acceptors (Lipinski definition) is 5. The number of carbonyl (C=O) groups excluding carboxylic acids is 1. The smallest absolute Gasteiger partial charge is 0.271 e. The Labute approximate surface area is 124 Å². The first-order valence-electron chi connectivity index (χ1n) is 6.97. The maximum Gasteiger partial charge on any atom is 0.271 e.